The standard InChI is InChI=1S/C22H27N5O/c1-16(21-14-24-22(26-17(21)2)18-5-9-23-10-6-18)25-19-7-11-27(12-8-19)15-20-4-3-13-28-20/h3-6,9-10,13-14,16,19,25H,7-8,11-12,15H2,1-2H3/t16-/m1/s1. The third-order valence-electron chi connectivity index (χ3n) is 5.46. The van der Waals surface area contributed by atoms with Gasteiger partial charge in [-0.05, 0) is 51.0 Å². The van der Waals surface area contributed by atoms with Crippen LogP contribution < -0.4 is 5.32 Å². The topological polar surface area (TPSA) is 67.1 Å². The van der Waals surface area contributed by atoms with Crippen molar-refractivity contribution < 1.29 is 4.42 Å². The van der Waals surface area contributed by atoms with E-state index in [-0.39, 0.29) is 6.04 Å². The molecule has 4 rings (SSSR count). The molecule has 0 aromatic carbocycles. The fourth-order valence-electron chi connectivity index (χ4n) is 3.87. The highest BCUT2D eigenvalue weighted by atomic mass is 16.3. The highest BCUT2D eigenvalue weighted by Gasteiger charge is 2.22. The molecular weight excluding hydrogens is 350 g/mol. The third kappa shape index (κ3) is 4.46. The lowest BCUT2D eigenvalue weighted by atomic mass is 10.0. The molecule has 4 heterocycles. The average molecular weight is 377 g/mol. The van der Waals surface area contributed by atoms with Crippen molar-refractivity contribution in [1.29, 1.82) is 0 Å². The lowest BCUT2D eigenvalue weighted by Gasteiger charge is -2.33. The van der Waals surface area contributed by atoms with Gasteiger partial charge in [0.15, 0.2) is 5.82 Å². The Hall–Kier alpha value is -2.57. The quantitative estimate of drug-likeness (QED) is 0.706. The van der Waals surface area contributed by atoms with Gasteiger partial charge in [-0.25, -0.2) is 9.97 Å². The number of piperidine rings is 1. The Morgan fingerprint density at radius 2 is 2.00 bits per heavy atom. The minimum atomic E-state index is 0.230. The number of furan rings is 1. The molecule has 0 saturated carbocycles. The number of aromatic nitrogens is 3. The number of rotatable bonds is 6. The summed E-state index contributed by atoms with van der Waals surface area (Å²) in [6.45, 7) is 7.33. The van der Waals surface area contributed by atoms with Crippen molar-refractivity contribution >= 4 is 0 Å². The van der Waals surface area contributed by atoms with E-state index in [1.54, 1.807) is 18.7 Å². The molecule has 0 spiro atoms. The molecule has 0 amide bonds. The second-order valence-electron chi connectivity index (χ2n) is 7.49. The van der Waals surface area contributed by atoms with Gasteiger partial charge in [-0.15, -0.1) is 0 Å². The maximum Gasteiger partial charge on any atom is 0.159 e. The highest BCUT2D eigenvalue weighted by Crippen LogP contribution is 2.22. The second-order valence-corrected chi connectivity index (χ2v) is 7.49. The summed E-state index contributed by atoms with van der Waals surface area (Å²) in [5.41, 5.74) is 3.18. The maximum absolute atomic E-state index is 5.47. The van der Waals surface area contributed by atoms with Crippen LogP contribution in [0.1, 0.15) is 42.8 Å². The molecule has 1 aliphatic heterocycles. The highest BCUT2D eigenvalue weighted by molar-refractivity contribution is 5.53. The summed E-state index contributed by atoms with van der Waals surface area (Å²) in [4.78, 5) is 15.8. The second kappa shape index (κ2) is 8.63. The van der Waals surface area contributed by atoms with Gasteiger partial charge in [0.2, 0.25) is 0 Å². The van der Waals surface area contributed by atoms with Crippen LogP contribution in [0.25, 0.3) is 11.4 Å². The van der Waals surface area contributed by atoms with Crippen molar-refractivity contribution in [2.75, 3.05) is 13.1 Å². The van der Waals surface area contributed by atoms with Gasteiger partial charge >= 0.3 is 0 Å². The predicted octanol–water partition coefficient (Wildman–Crippen LogP) is 3.76. The lowest BCUT2D eigenvalue weighted by Crippen LogP contribution is -2.43. The maximum atomic E-state index is 5.47. The molecule has 1 aliphatic rings. The number of hydrogen-bond donors (Lipinski definition) is 1. The van der Waals surface area contributed by atoms with Gasteiger partial charge in [-0.3, -0.25) is 9.88 Å². The Morgan fingerprint density at radius 3 is 2.68 bits per heavy atom. The zero-order valence-electron chi connectivity index (χ0n) is 16.5. The third-order valence-corrected chi connectivity index (χ3v) is 5.46. The molecule has 0 radical (unpaired) electrons. The van der Waals surface area contributed by atoms with Crippen LogP contribution >= 0.6 is 0 Å². The van der Waals surface area contributed by atoms with Gasteiger partial charge in [0.1, 0.15) is 5.76 Å². The van der Waals surface area contributed by atoms with E-state index in [4.69, 9.17) is 9.40 Å². The molecule has 1 fully saturated rings. The number of nitrogens with one attached hydrogen (secondary N) is 1. The van der Waals surface area contributed by atoms with Crippen LogP contribution in [0.15, 0.2) is 53.5 Å². The average Bonchev–Trinajstić information content (AvgIpc) is 3.23. The largest absolute Gasteiger partial charge is 0.468 e. The molecule has 6 nitrogen and oxygen atoms in total. The minimum Gasteiger partial charge on any atom is -0.468 e. The smallest absolute Gasteiger partial charge is 0.159 e. The van der Waals surface area contributed by atoms with E-state index in [9.17, 15) is 0 Å². The van der Waals surface area contributed by atoms with Gasteiger partial charge in [-0.2, -0.15) is 0 Å². The summed E-state index contributed by atoms with van der Waals surface area (Å²) in [5, 5.41) is 3.77. The monoisotopic (exact) mass is 377 g/mol. The first-order chi connectivity index (χ1) is 13.7. The van der Waals surface area contributed by atoms with Crippen LogP contribution in [-0.2, 0) is 6.54 Å². The van der Waals surface area contributed by atoms with Crippen molar-refractivity contribution in [2.45, 2.75) is 45.3 Å². The van der Waals surface area contributed by atoms with E-state index in [1.165, 1.54) is 0 Å². The fourth-order valence-corrected chi connectivity index (χ4v) is 3.87. The Bertz CT molecular complexity index is 873. The summed E-state index contributed by atoms with van der Waals surface area (Å²) in [7, 11) is 0. The van der Waals surface area contributed by atoms with Gasteiger partial charge in [-0.1, -0.05) is 0 Å². The van der Waals surface area contributed by atoms with E-state index < -0.39 is 0 Å². The Morgan fingerprint density at radius 1 is 1.21 bits per heavy atom. The first kappa shape index (κ1) is 18.8. The van der Waals surface area contributed by atoms with Gasteiger partial charge in [0.05, 0.1) is 12.8 Å². The molecule has 146 valence electrons. The van der Waals surface area contributed by atoms with Crippen molar-refractivity contribution in [2.24, 2.45) is 0 Å². The number of hydrogen-bond acceptors (Lipinski definition) is 6. The van der Waals surface area contributed by atoms with Gasteiger partial charge in [0.25, 0.3) is 0 Å². The van der Waals surface area contributed by atoms with Crippen LogP contribution in [0.2, 0.25) is 0 Å². The van der Waals surface area contributed by atoms with Crippen molar-refractivity contribution in [3.63, 3.8) is 0 Å². The SMILES string of the molecule is Cc1nc(-c2ccncc2)ncc1[C@@H](C)NC1CCN(Cc2ccco2)CC1. The van der Waals surface area contributed by atoms with Crippen LogP contribution in [0.4, 0.5) is 0 Å². The molecule has 0 aliphatic carbocycles. The van der Waals surface area contributed by atoms with E-state index in [0.717, 1.165) is 60.9 Å². The zero-order valence-corrected chi connectivity index (χ0v) is 16.5. The van der Waals surface area contributed by atoms with E-state index in [2.05, 4.69) is 34.0 Å². The van der Waals surface area contributed by atoms with Crippen molar-refractivity contribution in [3.8, 4) is 11.4 Å². The van der Waals surface area contributed by atoms with E-state index in [0.29, 0.717) is 6.04 Å². The van der Waals surface area contributed by atoms with Crippen molar-refractivity contribution in [1.82, 2.24) is 25.2 Å². The Labute approximate surface area is 166 Å². The molecule has 28 heavy (non-hydrogen) atoms. The normalized spacial score (nSPS) is 16.9. The van der Waals surface area contributed by atoms with Crippen LogP contribution in [-0.4, -0.2) is 39.0 Å². The molecule has 1 saturated heterocycles. The van der Waals surface area contributed by atoms with Crippen molar-refractivity contribution in [3.05, 3.63) is 66.1 Å². The molecule has 0 bridgehead atoms. The molecule has 0 unspecified atom stereocenters. The number of aryl methyl sites for hydroxylation is 1. The molecule has 1 atom stereocenters. The first-order valence-electron chi connectivity index (χ1n) is 9.94. The van der Waals surface area contributed by atoms with Crippen LogP contribution in [0, 0.1) is 6.92 Å². The Kier molecular flexibility index (Phi) is 5.78. The molecule has 6 heteroatoms. The minimum absolute atomic E-state index is 0.230. The number of nitrogens with zero attached hydrogens (tertiary/aromatic N) is 4. The van der Waals surface area contributed by atoms with Crippen LogP contribution in [0.3, 0.4) is 0 Å². The number of pyridine rings is 1. The number of likely N-dealkylation sites (tertiary alicyclic amines) is 1. The predicted molar refractivity (Wildman–Crippen MR) is 109 cm³/mol. The Balaban J connectivity index is 1.33. The summed E-state index contributed by atoms with van der Waals surface area (Å²) in [6, 6.07) is 8.62. The molecule has 1 N–H and O–H groups in total. The summed E-state index contributed by atoms with van der Waals surface area (Å²) >= 11 is 0. The fraction of sp³-hybridized carbons (Fsp3) is 0.409. The summed E-state index contributed by atoms with van der Waals surface area (Å²) in [6.07, 6.45) is 9.52. The molecule has 3 aromatic rings. The zero-order chi connectivity index (χ0) is 19.3. The molecule has 3 aromatic heterocycles. The summed E-state index contributed by atoms with van der Waals surface area (Å²) < 4.78 is 5.47. The van der Waals surface area contributed by atoms with E-state index >= 15 is 0 Å². The molecular formula is C22H27N5O. The van der Waals surface area contributed by atoms with Crippen LogP contribution in [0.5, 0.6) is 0 Å². The first-order valence-corrected chi connectivity index (χ1v) is 9.94. The lowest BCUT2D eigenvalue weighted by molar-refractivity contribution is 0.174. The van der Waals surface area contributed by atoms with E-state index in [1.807, 2.05) is 30.5 Å². The van der Waals surface area contributed by atoms with Gasteiger partial charge in [0, 0.05) is 60.6 Å². The summed E-state index contributed by atoms with van der Waals surface area (Å²) in [5.74, 6) is 1.80. The van der Waals surface area contributed by atoms with Gasteiger partial charge < -0.3 is 9.73 Å².